The van der Waals surface area contributed by atoms with Crippen LogP contribution in [0.2, 0.25) is 0 Å². The van der Waals surface area contributed by atoms with Crippen LogP contribution in [-0.2, 0) is 21.2 Å². The molecule has 0 aliphatic carbocycles. The Morgan fingerprint density at radius 2 is 1.68 bits per heavy atom. The highest BCUT2D eigenvalue weighted by Crippen LogP contribution is 2.35. The van der Waals surface area contributed by atoms with E-state index in [0.29, 0.717) is 17.1 Å². The van der Waals surface area contributed by atoms with Crippen LogP contribution in [0.5, 0.6) is 0 Å². The first-order valence-corrected chi connectivity index (χ1v) is 9.56. The second kappa shape index (κ2) is 6.61. The van der Waals surface area contributed by atoms with Crippen molar-refractivity contribution in [2.75, 3.05) is 0 Å². The average Bonchev–Trinajstić information content (AvgIpc) is 2.70. The lowest BCUT2D eigenvalue weighted by atomic mass is 9.82. The molecule has 0 N–H and O–H groups in total. The minimum atomic E-state index is -0.541. The molecule has 138 valence electrons. The zero-order chi connectivity index (χ0) is 19.2. The fourth-order valence-corrected chi connectivity index (χ4v) is 3.73. The van der Waals surface area contributed by atoms with Crippen molar-refractivity contribution in [1.82, 2.24) is 4.57 Å². The van der Waals surface area contributed by atoms with Gasteiger partial charge in [-0.25, -0.2) is 9.36 Å². The summed E-state index contributed by atoms with van der Waals surface area (Å²) >= 11 is 0. The normalized spacial score (nSPS) is 12.8. The summed E-state index contributed by atoms with van der Waals surface area (Å²) in [6.07, 6.45) is -0.345. The molecule has 1 heterocycles. The molecule has 0 unspecified atom stereocenters. The maximum atomic E-state index is 12.9. The molecule has 1 aromatic carbocycles. The molecule has 25 heavy (non-hydrogen) atoms. The number of nitrogens with zero attached hydrogens (tertiary/aromatic N) is 1. The molecule has 0 saturated carbocycles. The number of benzene rings is 1. The van der Waals surface area contributed by atoms with E-state index in [1.165, 1.54) is 11.1 Å². The maximum Gasteiger partial charge on any atom is 0.419 e. The first kappa shape index (κ1) is 19.7. The Morgan fingerprint density at radius 1 is 1.08 bits per heavy atom. The summed E-state index contributed by atoms with van der Waals surface area (Å²) in [7, 11) is 0.622. The molecule has 0 radical (unpaired) electrons. The monoisotopic (exact) mass is 361 g/mol. The predicted octanol–water partition coefficient (Wildman–Crippen LogP) is 4.14. The van der Waals surface area contributed by atoms with E-state index in [0.717, 1.165) is 22.2 Å². The molecule has 5 heteroatoms. The number of hydrogen-bond acceptors (Lipinski definition) is 3. The van der Waals surface area contributed by atoms with Crippen LogP contribution < -0.4 is 0 Å². The third-order valence-corrected chi connectivity index (χ3v) is 4.72. The Balaban J connectivity index is 2.79. The standard InChI is InChI=1S/C20H31NO3Si/c1-12-14(19(3,4)5)9-10-15-17(12)13(2)16(11-23-25)21(15)18(22)24-20(6,7)8/h9-10H,11H2,1-8,25H3. The summed E-state index contributed by atoms with van der Waals surface area (Å²) in [5, 5.41) is 1.13. The Kier molecular flexibility index (Phi) is 5.22. The third-order valence-electron chi connectivity index (χ3n) is 4.43. The van der Waals surface area contributed by atoms with Crippen LogP contribution in [-0.4, -0.2) is 26.7 Å². The Morgan fingerprint density at radius 3 is 2.16 bits per heavy atom. The van der Waals surface area contributed by atoms with Crippen molar-refractivity contribution in [3.8, 4) is 0 Å². The summed E-state index contributed by atoms with van der Waals surface area (Å²) in [6, 6.07) is 4.17. The molecule has 4 nitrogen and oxygen atoms in total. The molecule has 0 aliphatic heterocycles. The largest absolute Gasteiger partial charge is 0.443 e. The first-order chi connectivity index (χ1) is 11.4. The molecule has 0 amide bonds. The number of aromatic nitrogens is 1. The average molecular weight is 362 g/mol. The van der Waals surface area contributed by atoms with Crippen LogP contribution in [0, 0.1) is 13.8 Å². The topological polar surface area (TPSA) is 40.5 Å². The summed E-state index contributed by atoms with van der Waals surface area (Å²) in [5.74, 6) is 0. The van der Waals surface area contributed by atoms with Gasteiger partial charge in [0.1, 0.15) is 16.1 Å². The van der Waals surface area contributed by atoms with E-state index in [-0.39, 0.29) is 11.5 Å². The second-order valence-electron chi connectivity index (χ2n) is 8.70. The molecule has 1 aromatic heterocycles. The van der Waals surface area contributed by atoms with Crippen molar-refractivity contribution in [2.45, 2.75) is 73.0 Å². The zero-order valence-corrected chi connectivity index (χ0v) is 19.0. The lowest BCUT2D eigenvalue weighted by Gasteiger charge is -2.23. The van der Waals surface area contributed by atoms with Crippen LogP contribution >= 0.6 is 0 Å². The number of hydrogen-bond donors (Lipinski definition) is 0. The lowest BCUT2D eigenvalue weighted by molar-refractivity contribution is 0.0535. The fourth-order valence-electron chi connectivity index (χ4n) is 3.45. The molecular weight excluding hydrogens is 330 g/mol. The van der Waals surface area contributed by atoms with Gasteiger partial charge in [0, 0.05) is 5.39 Å². The van der Waals surface area contributed by atoms with Gasteiger partial charge in [-0.1, -0.05) is 26.8 Å². The van der Waals surface area contributed by atoms with Gasteiger partial charge in [-0.2, -0.15) is 0 Å². The summed E-state index contributed by atoms with van der Waals surface area (Å²) in [4.78, 5) is 12.9. The number of fused-ring (bicyclic) bond motifs is 1. The highest BCUT2D eigenvalue weighted by Gasteiger charge is 2.27. The van der Waals surface area contributed by atoms with Gasteiger partial charge in [0.15, 0.2) is 0 Å². The first-order valence-electron chi connectivity index (χ1n) is 8.74. The highest BCUT2D eigenvalue weighted by molar-refractivity contribution is 5.98. The number of carbonyl (C=O) groups is 1. The van der Waals surface area contributed by atoms with Gasteiger partial charge >= 0.3 is 6.09 Å². The molecule has 0 spiro atoms. The van der Waals surface area contributed by atoms with Crippen LogP contribution in [0.25, 0.3) is 10.9 Å². The smallest absolute Gasteiger partial charge is 0.419 e. The second-order valence-corrected chi connectivity index (χ2v) is 9.28. The lowest BCUT2D eigenvalue weighted by Crippen LogP contribution is -2.28. The molecule has 2 aromatic rings. The predicted molar refractivity (Wildman–Crippen MR) is 106 cm³/mol. The Labute approximate surface area is 154 Å². The van der Waals surface area contributed by atoms with Crippen LogP contribution in [0.3, 0.4) is 0 Å². The van der Waals surface area contributed by atoms with Gasteiger partial charge in [0.25, 0.3) is 0 Å². The molecule has 0 fully saturated rings. The number of carbonyl (C=O) groups excluding carboxylic acids is 1. The van der Waals surface area contributed by atoms with E-state index in [1.807, 2.05) is 26.8 Å². The quantitative estimate of drug-likeness (QED) is 0.755. The Bertz CT molecular complexity index is 807. The number of rotatable bonds is 2. The van der Waals surface area contributed by atoms with Crippen molar-refractivity contribution in [3.63, 3.8) is 0 Å². The molecule has 0 bridgehead atoms. The zero-order valence-electron chi connectivity index (χ0n) is 17.0. The minimum absolute atomic E-state index is 0.0487. The third kappa shape index (κ3) is 3.82. The van der Waals surface area contributed by atoms with Gasteiger partial charge in [0.05, 0.1) is 17.8 Å². The van der Waals surface area contributed by atoms with E-state index in [9.17, 15) is 4.79 Å². The summed E-state index contributed by atoms with van der Waals surface area (Å²) < 4.78 is 12.8. The van der Waals surface area contributed by atoms with Gasteiger partial charge in [0.2, 0.25) is 0 Å². The van der Waals surface area contributed by atoms with Gasteiger partial charge < -0.3 is 9.16 Å². The summed E-state index contributed by atoms with van der Waals surface area (Å²) in [6.45, 7) is 16.9. The molecule has 0 atom stereocenters. The Hall–Kier alpha value is -1.59. The number of aryl methyl sites for hydroxylation is 2. The van der Waals surface area contributed by atoms with Crippen LogP contribution in [0.1, 0.15) is 63.9 Å². The SMILES string of the molecule is Cc1c(C(C)(C)C)ccc2c1c(C)c(CO[SiH3])n2C(=O)OC(C)(C)C. The molecular formula is C20H31NO3Si. The van der Waals surface area contributed by atoms with Gasteiger partial charge in [-0.05, 0) is 62.8 Å². The van der Waals surface area contributed by atoms with E-state index in [2.05, 4.69) is 40.7 Å². The van der Waals surface area contributed by atoms with Crippen molar-refractivity contribution >= 4 is 27.5 Å². The molecule has 0 saturated heterocycles. The van der Waals surface area contributed by atoms with Crippen LogP contribution in [0.4, 0.5) is 4.79 Å². The van der Waals surface area contributed by atoms with E-state index < -0.39 is 5.60 Å². The number of ether oxygens (including phenoxy) is 1. The maximum absolute atomic E-state index is 12.9. The van der Waals surface area contributed by atoms with Crippen molar-refractivity contribution in [3.05, 3.63) is 34.5 Å². The fraction of sp³-hybridized carbons (Fsp3) is 0.550. The minimum Gasteiger partial charge on any atom is -0.443 e. The molecule has 2 rings (SSSR count). The van der Waals surface area contributed by atoms with Crippen molar-refractivity contribution in [2.24, 2.45) is 0 Å². The van der Waals surface area contributed by atoms with Gasteiger partial charge in [-0.3, -0.25) is 0 Å². The molecule has 0 aliphatic rings. The van der Waals surface area contributed by atoms with Crippen LogP contribution in [0.15, 0.2) is 12.1 Å². The van der Waals surface area contributed by atoms with E-state index in [4.69, 9.17) is 9.16 Å². The van der Waals surface area contributed by atoms with E-state index in [1.54, 1.807) is 4.57 Å². The van der Waals surface area contributed by atoms with Crippen molar-refractivity contribution in [1.29, 1.82) is 0 Å². The summed E-state index contributed by atoms with van der Waals surface area (Å²) in [5.41, 5.74) is 4.90. The highest BCUT2D eigenvalue weighted by atomic mass is 28.2. The van der Waals surface area contributed by atoms with Crippen molar-refractivity contribution < 1.29 is 14.0 Å². The van der Waals surface area contributed by atoms with E-state index >= 15 is 0 Å². The van der Waals surface area contributed by atoms with Gasteiger partial charge in [-0.15, -0.1) is 0 Å².